The summed E-state index contributed by atoms with van der Waals surface area (Å²) in [7, 11) is 0. The first kappa shape index (κ1) is 10.6. The van der Waals surface area contributed by atoms with E-state index in [1.807, 2.05) is 24.3 Å². The molecule has 0 spiro atoms. The molecule has 0 saturated carbocycles. The number of aromatic nitrogens is 2. The standard InChI is InChI=1S/C11H9N3OS/c1-7(16)13-11(15)10-6-12-8-4-2-3-5-9(8)14-10/h2-6H,1H3,(H,13,15,16). The van der Waals surface area contributed by atoms with Crippen molar-refractivity contribution < 1.29 is 4.79 Å². The number of hydrogen-bond acceptors (Lipinski definition) is 4. The van der Waals surface area contributed by atoms with Gasteiger partial charge in [0.15, 0.2) is 0 Å². The number of nitrogens with zero attached hydrogens (tertiary/aromatic N) is 2. The Balaban J connectivity index is 2.39. The molecule has 16 heavy (non-hydrogen) atoms. The normalized spacial score (nSPS) is 10.1. The summed E-state index contributed by atoms with van der Waals surface area (Å²) in [5.41, 5.74) is 1.72. The third-order valence-electron chi connectivity index (χ3n) is 1.97. The molecule has 1 aromatic heterocycles. The number of nitrogens with one attached hydrogen (secondary N) is 1. The van der Waals surface area contributed by atoms with Gasteiger partial charge in [0.1, 0.15) is 5.69 Å². The molecule has 5 heteroatoms. The van der Waals surface area contributed by atoms with Crippen LogP contribution in [0.1, 0.15) is 17.4 Å². The summed E-state index contributed by atoms with van der Waals surface area (Å²) in [6.45, 7) is 1.64. The molecule has 2 aromatic rings. The largest absolute Gasteiger partial charge is 0.315 e. The van der Waals surface area contributed by atoms with Gasteiger partial charge in [0, 0.05) is 0 Å². The Kier molecular flexibility index (Phi) is 2.87. The van der Waals surface area contributed by atoms with Crippen LogP contribution in [0.5, 0.6) is 0 Å². The van der Waals surface area contributed by atoms with E-state index >= 15 is 0 Å². The Morgan fingerprint density at radius 3 is 2.69 bits per heavy atom. The van der Waals surface area contributed by atoms with Gasteiger partial charge in [-0.3, -0.25) is 9.78 Å². The van der Waals surface area contributed by atoms with Crippen molar-refractivity contribution in [2.45, 2.75) is 6.92 Å². The molecule has 0 atom stereocenters. The Bertz CT molecular complexity index is 568. The number of thiocarbonyl (C=S) groups is 1. The van der Waals surface area contributed by atoms with Crippen molar-refractivity contribution in [3.05, 3.63) is 36.2 Å². The van der Waals surface area contributed by atoms with Crippen LogP contribution in [0.15, 0.2) is 30.5 Å². The van der Waals surface area contributed by atoms with E-state index in [0.29, 0.717) is 10.5 Å². The second-order valence-electron chi connectivity index (χ2n) is 3.25. The van der Waals surface area contributed by atoms with Gasteiger partial charge in [0.25, 0.3) is 5.91 Å². The zero-order valence-electron chi connectivity index (χ0n) is 8.60. The van der Waals surface area contributed by atoms with E-state index in [4.69, 9.17) is 12.2 Å². The summed E-state index contributed by atoms with van der Waals surface area (Å²) in [5, 5.41) is 2.51. The van der Waals surface area contributed by atoms with Crippen LogP contribution in [0.3, 0.4) is 0 Å². The van der Waals surface area contributed by atoms with Gasteiger partial charge in [-0.2, -0.15) is 0 Å². The molecule has 4 nitrogen and oxygen atoms in total. The van der Waals surface area contributed by atoms with Crippen molar-refractivity contribution in [1.82, 2.24) is 15.3 Å². The fourth-order valence-corrected chi connectivity index (χ4v) is 1.38. The maximum absolute atomic E-state index is 11.6. The molecule has 0 radical (unpaired) electrons. The van der Waals surface area contributed by atoms with E-state index in [-0.39, 0.29) is 11.6 Å². The van der Waals surface area contributed by atoms with Gasteiger partial charge < -0.3 is 5.32 Å². The minimum absolute atomic E-state index is 0.267. The molecule has 0 aliphatic heterocycles. The number of hydrogen-bond donors (Lipinski definition) is 1. The highest BCUT2D eigenvalue weighted by molar-refractivity contribution is 7.80. The molecule has 2 rings (SSSR count). The highest BCUT2D eigenvalue weighted by Crippen LogP contribution is 2.08. The van der Waals surface area contributed by atoms with E-state index < -0.39 is 0 Å². The SMILES string of the molecule is CC(=S)NC(=O)c1cnc2ccccc2n1. The van der Waals surface area contributed by atoms with E-state index in [9.17, 15) is 4.79 Å². The minimum atomic E-state index is -0.328. The van der Waals surface area contributed by atoms with Crippen LogP contribution in [0.2, 0.25) is 0 Å². The van der Waals surface area contributed by atoms with Crippen LogP contribution in [0, 0.1) is 0 Å². The predicted octanol–water partition coefficient (Wildman–Crippen LogP) is 1.71. The van der Waals surface area contributed by atoms with Crippen molar-refractivity contribution >= 4 is 34.1 Å². The lowest BCUT2D eigenvalue weighted by Gasteiger charge is -2.02. The molecule has 0 aliphatic carbocycles. The summed E-state index contributed by atoms with van der Waals surface area (Å²) < 4.78 is 0. The van der Waals surface area contributed by atoms with Crippen LogP contribution >= 0.6 is 12.2 Å². The average Bonchev–Trinajstić information content (AvgIpc) is 2.27. The van der Waals surface area contributed by atoms with Crippen molar-refractivity contribution in [2.75, 3.05) is 0 Å². The van der Waals surface area contributed by atoms with E-state index in [0.717, 1.165) is 5.52 Å². The molecule has 0 unspecified atom stereocenters. The zero-order chi connectivity index (χ0) is 11.5. The minimum Gasteiger partial charge on any atom is -0.315 e. The van der Waals surface area contributed by atoms with Gasteiger partial charge in [0.2, 0.25) is 0 Å². The van der Waals surface area contributed by atoms with E-state index in [1.165, 1.54) is 6.20 Å². The monoisotopic (exact) mass is 231 g/mol. The van der Waals surface area contributed by atoms with E-state index in [1.54, 1.807) is 6.92 Å². The van der Waals surface area contributed by atoms with Gasteiger partial charge in [-0.25, -0.2) is 4.98 Å². The quantitative estimate of drug-likeness (QED) is 0.759. The third kappa shape index (κ3) is 2.20. The van der Waals surface area contributed by atoms with Crippen molar-refractivity contribution in [3.63, 3.8) is 0 Å². The Morgan fingerprint density at radius 1 is 1.31 bits per heavy atom. The van der Waals surface area contributed by atoms with Crippen molar-refractivity contribution in [3.8, 4) is 0 Å². The number of para-hydroxylation sites is 2. The van der Waals surface area contributed by atoms with Crippen LogP contribution in [-0.4, -0.2) is 20.9 Å². The highest BCUT2D eigenvalue weighted by atomic mass is 32.1. The lowest BCUT2D eigenvalue weighted by molar-refractivity contribution is 0.0973. The predicted molar refractivity (Wildman–Crippen MR) is 65.3 cm³/mol. The first-order chi connectivity index (χ1) is 7.66. The number of carbonyl (C=O) groups is 1. The second-order valence-corrected chi connectivity index (χ2v) is 3.87. The maximum Gasteiger partial charge on any atom is 0.276 e. The lowest BCUT2D eigenvalue weighted by Crippen LogP contribution is -2.27. The number of rotatable bonds is 1. The molecule has 80 valence electrons. The Labute approximate surface area is 97.7 Å². The summed E-state index contributed by atoms with van der Waals surface area (Å²) in [6, 6.07) is 7.37. The van der Waals surface area contributed by atoms with Crippen molar-refractivity contribution in [1.29, 1.82) is 0 Å². The number of amides is 1. The average molecular weight is 231 g/mol. The van der Waals surface area contributed by atoms with Crippen LogP contribution in [0.25, 0.3) is 11.0 Å². The smallest absolute Gasteiger partial charge is 0.276 e. The Hall–Kier alpha value is -1.88. The van der Waals surface area contributed by atoms with Gasteiger partial charge in [0.05, 0.1) is 22.2 Å². The lowest BCUT2D eigenvalue weighted by atomic mass is 10.3. The summed E-state index contributed by atoms with van der Waals surface area (Å²) in [5.74, 6) is -0.328. The van der Waals surface area contributed by atoms with Gasteiger partial charge in [-0.15, -0.1) is 0 Å². The third-order valence-corrected chi connectivity index (χ3v) is 2.07. The molecule has 0 fully saturated rings. The van der Waals surface area contributed by atoms with Gasteiger partial charge >= 0.3 is 0 Å². The fourth-order valence-electron chi connectivity index (χ4n) is 1.29. The van der Waals surface area contributed by atoms with Crippen LogP contribution in [-0.2, 0) is 0 Å². The number of benzene rings is 1. The molecule has 1 N–H and O–H groups in total. The first-order valence-electron chi connectivity index (χ1n) is 4.70. The van der Waals surface area contributed by atoms with Crippen LogP contribution in [0.4, 0.5) is 0 Å². The maximum atomic E-state index is 11.6. The van der Waals surface area contributed by atoms with Crippen LogP contribution < -0.4 is 5.32 Å². The summed E-state index contributed by atoms with van der Waals surface area (Å²) in [4.78, 5) is 20.4. The number of carbonyl (C=O) groups excluding carboxylic acids is 1. The molecule has 0 bridgehead atoms. The fraction of sp³-hybridized carbons (Fsp3) is 0.0909. The zero-order valence-corrected chi connectivity index (χ0v) is 9.41. The molecular weight excluding hydrogens is 222 g/mol. The van der Waals surface area contributed by atoms with Crippen molar-refractivity contribution in [2.24, 2.45) is 0 Å². The molecule has 0 saturated heterocycles. The number of fused-ring (bicyclic) bond motifs is 1. The molecule has 1 heterocycles. The van der Waals surface area contributed by atoms with E-state index in [2.05, 4.69) is 15.3 Å². The summed E-state index contributed by atoms with van der Waals surface area (Å²) >= 11 is 4.79. The molecule has 1 aromatic carbocycles. The Morgan fingerprint density at radius 2 is 2.00 bits per heavy atom. The second kappa shape index (κ2) is 4.32. The molecule has 0 aliphatic rings. The topological polar surface area (TPSA) is 54.9 Å². The highest BCUT2D eigenvalue weighted by Gasteiger charge is 2.08. The first-order valence-corrected chi connectivity index (χ1v) is 5.11. The van der Waals surface area contributed by atoms with Gasteiger partial charge in [-0.05, 0) is 19.1 Å². The summed E-state index contributed by atoms with van der Waals surface area (Å²) in [6.07, 6.45) is 1.44. The van der Waals surface area contributed by atoms with Gasteiger partial charge in [-0.1, -0.05) is 24.4 Å². The molecule has 1 amide bonds. The molecular formula is C11H9N3OS.